The van der Waals surface area contributed by atoms with E-state index in [1.807, 2.05) is 42.5 Å². The summed E-state index contributed by atoms with van der Waals surface area (Å²) in [6.45, 7) is 6.88. The molecule has 2 aromatic rings. The molecule has 0 atom stereocenters. The number of hydrogen-bond acceptors (Lipinski definition) is 4. The molecule has 3 nitrogen and oxygen atoms in total. The second-order valence-corrected chi connectivity index (χ2v) is 5.81. The average Bonchev–Trinajstić information content (AvgIpc) is 2.54. The Morgan fingerprint density at radius 1 is 1.05 bits per heavy atom. The minimum atomic E-state index is -0.422. The number of rotatable bonds is 5. The smallest absolute Gasteiger partial charge is 0.318 e. The first-order chi connectivity index (χ1) is 10.6. The van der Waals surface area contributed by atoms with Gasteiger partial charge in [0.15, 0.2) is 0 Å². The van der Waals surface area contributed by atoms with E-state index in [4.69, 9.17) is 0 Å². The second-order valence-electron chi connectivity index (χ2n) is 4.66. The fourth-order valence-electron chi connectivity index (χ4n) is 1.76. The highest BCUT2D eigenvalue weighted by Crippen LogP contribution is 2.28. The van der Waals surface area contributed by atoms with Crippen LogP contribution in [-0.4, -0.2) is 11.7 Å². The van der Waals surface area contributed by atoms with Crippen LogP contribution in [0.15, 0.2) is 70.1 Å². The summed E-state index contributed by atoms with van der Waals surface area (Å²) in [5.74, 6) is -0.422. The van der Waals surface area contributed by atoms with Crippen LogP contribution in [0.5, 0.6) is 0 Å². The van der Waals surface area contributed by atoms with Crippen molar-refractivity contribution in [1.82, 2.24) is 0 Å². The highest BCUT2D eigenvalue weighted by molar-refractivity contribution is 7.99. The highest BCUT2D eigenvalue weighted by Gasteiger charge is 2.02. The summed E-state index contributed by atoms with van der Waals surface area (Å²) >= 11 is 1.69. The Morgan fingerprint density at radius 2 is 1.59 bits per heavy atom. The molecule has 2 rings (SSSR count). The molecule has 0 heterocycles. The normalized spacial score (nSPS) is 11.1. The molecule has 0 unspecified atom stereocenters. The van der Waals surface area contributed by atoms with Crippen LogP contribution in [-0.2, 0) is 9.63 Å². The van der Waals surface area contributed by atoms with E-state index >= 15 is 0 Å². The van der Waals surface area contributed by atoms with Crippen LogP contribution in [0.25, 0.3) is 6.08 Å². The molecule has 0 fully saturated rings. The van der Waals surface area contributed by atoms with E-state index in [0.717, 1.165) is 16.0 Å². The SMILES string of the molecule is C=Cc1ccc(Sc2ccc(C(C)=NOC(C)=O)cc2)cc1. The zero-order chi connectivity index (χ0) is 15.9. The van der Waals surface area contributed by atoms with E-state index in [1.54, 1.807) is 18.7 Å². The van der Waals surface area contributed by atoms with Crippen molar-refractivity contribution in [3.05, 3.63) is 66.2 Å². The van der Waals surface area contributed by atoms with Gasteiger partial charge in [0.25, 0.3) is 0 Å². The second kappa shape index (κ2) is 7.61. The quantitative estimate of drug-likeness (QED) is 0.453. The summed E-state index contributed by atoms with van der Waals surface area (Å²) in [7, 11) is 0. The van der Waals surface area contributed by atoms with E-state index in [-0.39, 0.29) is 0 Å². The Hall–Kier alpha value is -2.33. The molecular formula is C18H17NO2S. The lowest BCUT2D eigenvalue weighted by Crippen LogP contribution is -1.99. The third kappa shape index (κ3) is 4.60. The standard InChI is InChI=1S/C18H17NO2S/c1-4-15-5-9-17(10-6-15)22-18-11-7-16(8-12-18)13(2)19-21-14(3)20/h4-12H,1H2,2-3H3. The zero-order valence-corrected chi connectivity index (χ0v) is 13.4. The number of carbonyl (C=O) groups is 1. The topological polar surface area (TPSA) is 38.7 Å². The molecular weight excluding hydrogens is 294 g/mol. The predicted octanol–water partition coefficient (Wildman–Crippen LogP) is 4.77. The fraction of sp³-hybridized carbons (Fsp3) is 0.111. The molecule has 0 amide bonds. The summed E-state index contributed by atoms with van der Waals surface area (Å²) in [5, 5.41) is 3.78. The maximum Gasteiger partial charge on any atom is 0.331 e. The van der Waals surface area contributed by atoms with Crippen molar-refractivity contribution in [1.29, 1.82) is 0 Å². The number of oxime groups is 1. The van der Waals surface area contributed by atoms with Gasteiger partial charge in [-0.1, -0.05) is 53.8 Å². The van der Waals surface area contributed by atoms with Crippen molar-refractivity contribution in [3.63, 3.8) is 0 Å². The van der Waals surface area contributed by atoms with Crippen LogP contribution in [0.1, 0.15) is 25.0 Å². The summed E-state index contributed by atoms with van der Waals surface area (Å²) in [6, 6.07) is 16.2. The molecule has 0 aliphatic carbocycles. The largest absolute Gasteiger partial charge is 0.331 e. The fourth-order valence-corrected chi connectivity index (χ4v) is 2.57. The van der Waals surface area contributed by atoms with Gasteiger partial charge in [-0.15, -0.1) is 0 Å². The van der Waals surface area contributed by atoms with Gasteiger partial charge in [-0.2, -0.15) is 0 Å². The molecule has 0 bridgehead atoms. The van der Waals surface area contributed by atoms with Gasteiger partial charge in [-0.25, -0.2) is 4.79 Å². The monoisotopic (exact) mass is 311 g/mol. The lowest BCUT2D eigenvalue weighted by Gasteiger charge is -2.04. The van der Waals surface area contributed by atoms with Gasteiger partial charge in [0.1, 0.15) is 0 Å². The van der Waals surface area contributed by atoms with Crippen LogP contribution in [0.3, 0.4) is 0 Å². The maximum atomic E-state index is 10.7. The van der Waals surface area contributed by atoms with Crippen LogP contribution < -0.4 is 0 Å². The van der Waals surface area contributed by atoms with Crippen molar-refractivity contribution in [2.75, 3.05) is 0 Å². The van der Waals surface area contributed by atoms with Gasteiger partial charge in [-0.05, 0) is 42.3 Å². The van der Waals surface area contributed by atoms with E-state index in [0.29, 0.717) is 5.71 Å². The van der Waals surface area contributed by atoms with Crippen molar-refractivity contribution in [2.45, 2.75) is 23.6 Å². The Bertz CT molecular complexity index is 688. The highest BCUT2D eigenvalue weighted by atomic mass is 32.2. The van der Waals surface area contributed by atoms with Gasteiger partial charge < -0.3 is 4.84 Å². The van der Waals surface area contributed by atoms with E-state index in [9.17, 15) is 4.79 Å². The van der Waals surface area contributed by atoms with Gasteiger partial charge in [0.05, 0.1) is 5.71 Å². The Kier molecular flexibility index (Phi) is 5.55. The van der Waals surface area contributed by atoms with Gasteiger partial charge >= 0.3 is 5.97 Å². The first-order valence-electron chi connectivity index (χ1n) is 6.81. The van der Waals surface area contributed by atoms with Gasteiger partial charge in [0.2, 0.25) is 0 Å². The van der Waals surface area contributed by atoms with Crippen molar-refractivity contribution >= 4 is 29.5 Å². The number of nitrogens with zero attached hydrogens (tertiary/aromatic N) is 1. The summed E-state index contributed by atoms with van der Waals surface area (Å²) in [4.78, 5) is 17.7. The van der Waals surface area contributed by atoms with E-state index < -0.39 is 5.97 Å². The molecule has 0 radical (unpaired) electrons. The molecule has 0 aromatic heterocycles. The van der Waals surface area contributed by atoms with Crippen LogP contribution in [0.2, 0.25) is 0 Å². The number of carbonyl (C=O) groups excluding carboxylic acids is 1. The molecule has 2 aromatic carbocycles. The molecule has 22 heavy (non-hydrogen) atoms. The molecule has 0 aliphatic heterocycles. The molecule has 0 saturated carbocycles. The third-order valence-corrected chi connectivity index (χ3v) is 3.95. The van der Waals surface area contributed by atoms with Crippen molar-refractivity contribution in [3.8, 4) is 0 Å². The van der Waals surface area contributed by atoms with E-state index in [2.05, 4.69) is 28.7 Å². The lowest BCUT2D eigenvalue weighted by atomic mass is 10.1. The Labute approximate surface area is 134 Å². The maximum absolute atomic E-state index is 10.7. The molecule has 0 spiro atoms. The number of benzene rings is 2. The van der Waals surface area contributed by atoms with Crippen molar-refractivity contribution in [2.24, 2.45) is 5.16 Å². The molecule has 0 aliphatic rings. The summed E-state index contributed by atoms with van der Waals surface area (Å²) < 4.78 is 0. The van der Waals surface area contributed by atoms with Gasteiger partial charge in [0, 0.05) is 16.7 Å². The first-order valence-corrected chi connectivity index (χ1v) is 7.63. The lowest BCUT2D eigenvalue weighted by molar-refractivity contribution is -0.140. The minimum Gasteiger partial charge on any atom is -0.318 e. The van der Waals surface area contributed by atoms with Gasteiger partial charge in [-0.3, -0.25) is 0 Å². The van der Waals surface area contributed by atoms with Crippen LogP contribution in [0.4, 0.5) is 0 Å². The molecule has 0 saturated heterocycles. The third-order valence-electron chi connectivity index (χ3n) is 2.93. The van der Waals surface area contributed by atoms with Crippen LogP contribution in [0, 0.1) is 0 Å². The van der Waals surface area contributed by atoms with Crippen LogP contribution >= 0.6 is 11.8 Å². The zero-order valence-electron chi connectivity index (χ0n) is 12.6. The predicted molar refractivity (Wildman–Crippen MR) is 91.1 cm³/mol. The van der Waals surface area contributed by atoms with E-state index in [1.165, 1.54) is 11.8 Å². The Balaban J connectivity index is 2.06. The molecule has 0 N–H and O–H groups in total. The number of hydrogen-bond donors (Lipinski definition) is 0. The first kappa shape index (κ1) is 16.0. The average molecular weight is 311 g/mol. The molecule has 112 valence electrons. The summed E-state index contributed by atoms with van der Waals surface area (Å²) in [5.41, 5.74) is 2.70. The minimum absolute atomic E-state index is 0.422. The Morgan fingerprint density at radius 3 is 2.09 bits per heavy atom. The summed E-state index contributed by atoms with van der Waals surface area (Å²) in [6.07, 6.45) is 1.83. The van der Waals surface area contributed by atoms with Crippen molar-refractivity contribution < 1.29 is 9.63 Å². The molecule has 4 heteroatoms.